The van der Waals surface area contributed by atoms with Crippen molar-refractivity contribution < 1.29 is 28.3 Å². The van der Waals surface area contributed by atoms with Crippen LogP contribution in [0.5, 0.6) is 5.75 Å². The molecule has 2 heterocycles. The molecule has 1 aliphatic heterocycles. The maximum absolute atomic E-state index is 13.6. The van der Waals surface area contributed by atoms with Gasteiger partial charge in [-0.05, 0) is 37.5 Å². The largest absolute Gasteiger partial charge is 0.494 e. The average Bonchev–Trinajstić information content (AvgIpc) is 3.05. The van der Waals surface area contributed by atoms with Crippen LogP contribution < -0.4 is 10.1 Å². The van der Waals surface area contributed by atoms with Crippen molar-refractivity contribution in [2.24, 2.45) is 0 Å². The van der Waals surface area contributed by atoms with E-state index in [0.717, 1.165) is 19.3 Å². The third-order valence-electron chi connectivity index (χ3n) is 4.09. The van der Waals surface area contributed by atoms with Gasteiger partial charge in [-0.25, -0.2) is 9.18 Å². The first-order valence-corrected chi connectivity index (χ1v) is 8.02. The summed E-state index contributed by atoms with van der Waals surface area (Å²) < 4.78 is 29.3. The van der Waals surface area contributed by atoms with Crippen LogP contribution in [0.25, 0.3) is 11.3 Å². The normalized spacial score (nSPS) is 17.3. The molecule has 134 valence electrons. The lowest BCUT2D eigenvalue weighted by molar-refractivity contribution is 0.0246. The lowest BCUT2D eigenvalue weighted by Gasteiger charge is -2.22. The highest BCUT2D eigenvalue weighted by molar-refractivity contribution is 5.99. The molecule has 2 N–H and O–H groups in total. The number of aromatic nitrogens is 1. The molecular formula is C17H19FN2O5. The number of carboxylic acids is 1. The Morgan fingerprint density at radius 2 is 2.32 bits per heavy atom. The maximum atomic E-state index is 13.6. The number of nitrogens with zero attached hydrogens (tertiary/aromatic N) is 1. The van der Waals surface area contributed by atoms with Crippen molar-refractivity contribution in [2.45, 2.75) is 25.4 Å². The van der Waals surface area contributed by atoms with Crippen LogP contribution in [-0.2, 0) is 4.74 Å². The fourth-order valence-electron chi connectivity index (χ4n) is 2.79. The van der Waals surface area contributed by atoms with E-state index in [9.17, 15) is 14.3 Å². The number of methoxy groups -OCH3 is 1. The highest BCUT2D eigenvalue weighted by Crippen LogP contribution is 2.32. The molecule has 0 bridgehead atoms. The van der Waals surface area contributed by atoms with E-state index in [1.165, 1.54) is 25.3 Å². The number of nitrogens with one attached hydrogen (secondary N) is 1. The molecule has 2 aromatic rings. The zero-order chi connectivity index (χ0) is 17.8. The maximum Gasteiger partial charge on any atom is 0.343 e. The molecule has 0 aliphatic carbocycles. The number of carbonyl (C=O) groups is 1. The van der Waals surface area contributed by atoms with Gasteiger partial charge in [-0.2, -0.15) is 0 Å². The molecule has 1 aromatic carbocycles. The van der Waals surface area contributed by atoms with Crippen LogP contribution >= 0.6 is 0 Å². The molecule has 0 spiro atoms. The van der Waals surface area contributed by atoms with Gasteiger partial charge in [0.2, 0.25) is 0 Å². The predicted octanol–water partition coefficient (Wildman–Crippen LogP) is 3.17. The number of ether oxygens (including phenoxy) is 2. The van der Waals surface area contributed by atoms with Gasteiger partial charge in [-0.3, -0.25) is 0 Å². The van der Waals surface area contributed by atoms with Gasteiger partial charge in [-0.15, -0.1) is 0 Å². The van der Waals surface area contributed by atoms with Gasteiger partial charge in [0.05, 0.1) is 13.2 Å². The molecule has 7 nitrogen and oxygen atoms in total. The van der Waals surface area contributed by atoms with E-state index in [1.807, 2.05) is 0 Å². The Balaban J connectivity index is 1.85. The van der Waals surface area contributed by atoms with E-state index in [4.69, 9.17) is 14.0 Å². The van der Waals surface area contributed by atoms with Crippen molar-refractivity contribution in [2.75, 3.05) is 25.6 Å². The number of hydrogen-bond donors (Lipinski definition) is 2. The first kappa shape index (κ1) is 17.2. The van der Waals surface area contributed by atoms with Crippen LogP contribution in [0.4, 0.5) is 10.2 Å². The minimum atomic E-state index is -1.19. The quantitative estimate of drug-likeness (QED) is 0.826. The minimum Gasteiger partial charge on any atom is -0.494 e. The summed E-state index contributed by atoms with van der Waals surface area (Å²) in [4.78, 5) is 11.7. The van der Waals surface area contributed by atoms with Crippen molar-refractivity contribution >= 4 is 11.8 Å². The van der Waals surface area contributed by atoms with Crippen LogP contribution in [0.1, 0.15) is 29.6 Å². The summed E-state index contributed by atoms with van der Waals surface area (Å²) in [6.07, 6.45) is 3.05. The number of hydrogen-bond acceptors (Lipinski definition) is 6. The summed E-state index contributed by atoms with van der Waals surface area (Å²) in [6, 6.07) is 3.97. The van der Waals surface area contributed by atoms with E-state index in [1.54, 1.807) is 0 Å². The van der Waals surface area contributed by atoms with Gasteiger partial charge < -0.3 is 24.4 Å². The second-order valence-corrected chi connectivity index (χ2v) is 5.76. The Labute approximate surface area is 143 Å². The van der Waals surface area contributed by atoms with Crippen LogP contribution in [0.3, 0.4) is 0 Å². The molecule has 1 fully saturated rings. The summed E-state index contributed by atoms with van der Waals surface area (Å²) in [5.41, 5.74) is 0.259. The highest BCUT2D eigenvalue weighted by Gasteiger charge is 2.25. The van der Waals surface area contributed by atoms with Crippen molar-refractivity contribution in [3.05, 3.63) is 29.6 Å². The first-order chi connectivity index (χ1) is 12.1. The van der Waals surface area contributed by atoms with E-state index < -0.39 is 11.8 Å². The monoisotopic (exact) mass is 350 g/mol. The Morgan fingerprint density at radius 3 is 3.00 bits per heavy atom. The molecule has 0 saturated carbocycles. The predicted molar refractivity (Wildman–Crippen MR) is 87.5 cm³/mol. The van der Waals surface area contributed by atoms with Gasteiger partial charge in [0.25, 0.3) is 0 Å². The summed E-state index contributed by atoms with van der Waals surface area (Å²) >= 11 is 0. The van der Waals surface area contributed by atoms with Gasteiger partial charge >= 0.3 is 5.97 Å². The Hall–Kier alpha value is -2.61. The molecule has 1 atom stereocenters. The topological polar surface area (TPSA) is 93.8 Å². The third-order valence-corrected chi connectivity index (χ3v) is 4.09. The number of benzene rings is 1. The van der Waals surface area contributed by atoms with Crippen LogP contribution in [-0.4, -0.2) is 42.6 Å². The van der Waals surface area contributed by atoms with Gasteiger partial charge in [0.1, 0.15) is 0 Å². The zero-order valence-corrected chi connectivity index (χ0v) is 13.8. The van der Waals surface area contributed by atoms with E-state index >= 15 is 0 Å². The van der Waals surface area contributed by atoms with E-state index in [2.05, 4.69) is 10.5 Å². The van der Waals surface area contributed by atoms with E-state index in [0.29, 0.717) is 18.7 Å². The Bertz CT molecular complexity index is 755. The molecule has 1 aromatic heterocycles. The fourth-order valence-corrected chi connectivity index (χ4v) is 2.79. The van der Waals surface area contributed by atoms with Gasteiger partial charge in [0.15, 0.2) is 28.7 Å². The standard InChI is InChI=1S/C17H19FN2O5/c1-23-13-8-10(5-6-12(13)18)15-14(17(21)22)16(20-25-15)19-9-11-4-2-3-7-24-11/h5-6,8,11H,2-4,7,9H2,1H3,(H,19,20)(H,21,22). The van der Waals surface area contributed by atoms with Crippen LogP contribution in [0.15, 0.2) is 22.7 Å². The average molecular weight is 350 g/mol. The Kier molecular flexibility index (Phi) is 5.18. The zero-order valence-electron chi connectivity index (χ0n) is 13.8. The smallest absolute Gasteiger partial charge is 0.343 e. The molecule has 1 unspecified atom stereocenters. The number of anilines is 1. The summed E-state index contributed by atoms with van der Waals surface area (Å²) in [5.74, 6) is -1.57. The van der Waals surface area contributed by atoms with Crippen LogP contribution in [0, 0.1) is 5.82 Å². The van der Waals surface area contributed by atoms with Gasteiger partial charge in [0, 0.05) is 18.7 Å². The summed E-state index contributed by atoms with van der Waals surface area (Å²) in [7, 11) is 1.33. The van der Waals surface area contributed by atoms with E-state index in [-0.39, 0.29) is 29.0 Å². The first-order valence-electron chi connectivity index (χ1n) is 8.02. The second-order valence-electron chi connectivity index (χ2n) is 5.76. The van der Waals surface area contributed by atoms with Crippen LogP contribution in [0.2, 0.25) is 0 Å². The van der Waals surface area contributed by atoms with Crippen molar-refractivity contribution in [3.8, 4) is 17.1 Å². The fraction of sp³-hybridized carbons (Fsp3) is 0.412. The third kappa shape index (κ3) is 3.74. The molecule has 1 saturated heterocycles. The Morgan fingerprint density at radius 1 is 1.48 bits per heavy atom. The van der Waals surface area contributed by atoms with Gasteiger partial charge in [-0.1, -0.05) is 5.16 Å². The SMILES string of the molecule is COc1cc(-c2onc(NCC3CCCCO3)c2C(=O)O)ccc1F. The minimum absolute atomic E-state index is 0.00430. The molecule has 25 heavy (non-hydrogen) atoms. The molecular weight excluding hydrogens is 331 g/mol. The number of rotatable bonds is 6. The molecule has 3 rings (SSSR count). The highest BCUT2D eigenvalue weighted by atomic mass is 19.1. The number of carboxylic acid groups (broad SMARTS) is 1. The molecule has 0 radical (unpaired) electrons. The second kappa shape index (κ2) is 7.52. The van der Waals surface area contributed by atoms with Crippen molar-refractivity contribution in [3.63, 3.8) is 0 Å². The molecule has 1 aliphatic rings. The summed E-state index contributed by atoms with van der Waals surface area (Å²) in [5, 5.41) is 16.3. The lowest BCUT2D eigenvalue weighted by atomic mass is 10.1. The number of halogens is 1. The molecule has 8 heteroatoms. The van der Waals surface area contributed by atoms with Crippen molar-refractivity contribution in [1.29, 1.82) is 0 Å². The molecule has 0 amide bonds. The summed E-state index contributed by atoms with van der Waals surface area (Å²) in [6.45, 7) is 1.15. The number of aromatic carboxylic acids is 1. The van der Waals surface area contributed by atoms with Crippen molar-refractivity contribution in [1.82, 2.24) is 5.16 Å². The lowest BCUT2D eigenvalue weighted by Crippen LogP contribution is -2.27.